The lowest BCUT2D eigenvalue weighted by Crippen LogP contribution is -2.54. The minimum Gasteiger partial charge on any atom is -0.481 e. The van der Waals surface area contributed by atoms with Crippen molar-refractivity contribution in [3.8, 4) is 11.8 Å². The van der Waals surface area contributed by atoms with Crippen LogP contribution >= 0.6 is 12.2 Å². The maximum absolute atomic E-state index is 11.9. The lowest BCUT2D eigenvalue weighted by Gasteiger charge is -2.23. The van der Waals surface area contributed by atoms with Gasteiger partial charge in [-0.25, -0.2) is 0 Å². The van der Waals surface area contributed by atoms with Gasteiger partial charge < -0.3 is 10.1 Å². The molecule has 0 aromatic heterocycles. The number of nitriles is 1. The Hall–Kier alpha value is -2.33. The fraction of sp³-hybridized carbons (Fsp3) is 0.400. The Morgan fingerprint density at radius 3 is 2.36 bits per heavy atom. The third-order valence-corrected chi connectivity index (χ3v) is 2.66. The van der Waals surface area contributed by atoms with Crippen LogP contribution in [-0.2, 0) is 4.79 Å². The van der Waals surface area contributed by atoms with Crippen molar-refractivity contribution in [1.82, 2.24) is 16.2 Å². The van der Waals surface area contributed by atoms with Gasteiger partial charge in [0, 0.05) is 5.54 Å². The summed E-state index contributed by atoms with van der Waals surface area (Å²) in [4.78, 5) is 11.9. The van der Waals surface area contributed by atoms with Gasteiger partial charge in [-0.2, -0.15) is 5.26 Å². The number of amides is 1. The number of carbonyl (C=O) groups is 1. The molecule has 1 aromatic rings. The van der Waals surface area contributed by atoms with E-state index in [-0.39, 0.29) is 11.4 Å². The van der Waals surface area contributed by atoms with Crippen LogP contribution < -0.4 is 20.9 Å². The fourth-order valence-corrected chi connectivity index (χ4v) is 1.81. The molecule has 0 bridgehead atoms. The zero-order valence-electron chi connectivity index (χ0n) is 13.1. The summed E-state index contributed by atoms with van der Waals surface area (Å²) in [5.41, 5.74) is 5.44. The number of hydrazine groups is 1. The van der Waals surface area contributed by atoms with Crippen molar-refractivity contribution in [3.63, 3.8) is 0 Å². The van der Waals surface area contributed by atoms with Gasteiger partial charge in [0.05, 0.1) is 11.6 Å². The van der Waals surface area contributed by atoms with Gasteiger partial charge in [0.25, 0.3) is 5.91 Å². The predicted octanol–water partition coefficient (Wildman–Crippen LogP) is 1.62. The van der Waals surface area contributed by atoms with Gasteiger partial charge in [0.15, 0.2) is 11.2 Å². The molecule has 1 atom stereocenters. The van der Waals surface area contributed by atoms with Gasteiger partial charge in [-0.05, 0) is 64.2 Å². The summed E-state index contributed by atoms with van der Waals surface area (Å²) in [5, 5.41) is 12.1. The van der Waals surface area contributed by atoms with Crippen LogP contribution in [0.2, 0.25) is 0 Å². The second-order valence-electron chi connectivity index (χ2n) is 5.71. The van der Waals surface area contributed by atoms with E-state index < -0.39 is 6.10 Å². The summed E-state index contributed by atoms with van der Waals surface area (Å²) in [6.07, 6.45) is -0.710. The van der Waals surface area contributed by atoms with Crippen molar-refractivity contribution < 1.29 is 9.53 Å². The zero-order chi connectivity index (χ0) is 16.8. The third kappa shape index (κ3) is 6.41. The highest BCUT2D eigenvalue weighted by molar-refractivity contribution is 7.80. The van der Waals surface area contributed by atoms with Gasteiger partial charge >= 0.3 is 0 Å². The average Bonchev–Trinajstić information content (AvgIpc) is 2.43. The summed E-state index contributed by atoms with van der Waals surface area (Å²) >= 11 is 5.06. The van der Waals surface area contributed by atoms with Crippen LogP contribution in [0.5, 0.6) is 5.75 Å². The Bertz CT molecular complexity index is 573. The zero-order valence-corrected chi connectivity index (χ0v) is 13.9. The van der Waals surface area contributed by atoms with Crippen molar-refractivity contribution in [2.24, 2.45) is 0 Å². The van der Waals surface area contributed by atoms with E-state index >= 15 is 0 Å². The lowest BCUT2D eigenvalue weighted by molar-refractivity contribution is -0.127. The van der Waals surface area contributed by atoms with Crippen molar-refractivity contribution >= 4 is 23.2 Å². The van der Waals surface area contributed by atoms with Crippen LogP contribution in [0.1, 0.15) is 33.3 Å². The highest BCUT2D eigenvalue weighted by Crippen LogP contribution is 2.13. The molecule has 0 aliphatic heterocycles. The maximum Gasteiger partial charge on any atom is 0.279 e. The fourth-order valence-electron chi connectivity index (χ4n) is 1.46. The first-order valence-corrected chi connectivity index (χ1v) is 7.17. The van der Waals surface area contributed by atoms with E-state index in [4.69, 9.17) is 22.2 Å². The highest BCUT2D eigenvalue weighted by Gasteiger charge is 2.16. The number of hydrogen-bond donors (Lipinski definition) is 3. The molecule has 1 aromatic carbocycles. The monoisotopic (exact) mass is 320 g/mol. The number of ether oxygens (including phenoxy) is 1. The molecular weight excluding hydrogens is 300 g/mol. The molecule has 7 heteroatoms. The van der Waals surface area contributed by atoms with E-state index in [0.717, 1.165) is 0 Å². The molecule has 22 heavy (non-hydrogen) atoms. The first-order chi connectivity index (χ1) is 10.2. The molecule has 118 valence electrons. The van der Waals surface area contributed by atoms with Crippen LogP contribution in [0.15, 0.2) is 24.3 Å². The summed E-state index contributed by atoms with van der Waals surface area (Å²) in [6.45, 7) is 7.49. The molecular formula is C15H20N4O2S. The second kappa shape index (κ2) is 7.61. The van der Waals surface area contributed by atoms with Gasteiger partial charge in [-0.3, -0.25) is 15.6 Å². The van der Waals surface area contributed by atoms with Crippen molar-refractivity contribution in [3.05, 3.63) is 29.8 Å². The maximum atomic E-state index is 11.9. The van der Waals surface area contributed by atoms with E-state index in [1.165, 1.54) is 0 Å². The number of rotatable bonds is 3. The van der Waals surface area contributed by atoms with Crippen LogP contribution in [0.25, 0.3) is 0 Å². The Morgan fingerprint density at radius 1 is 1.27 bits per heavy atom. The van der Waals surface area contributed by atoms with Gasteiger partial charge in [0.1, 0.15) is 5.75 Å². The Balaban J connectivity index is 2.45. The molecule has 0 saturated carbocycles. The third-order valence-electron chi connectivity index (χ3n) is 2.45. The molecule has 0 spiro atoms. The van der Waals surface area contributed by atoms with E-state index in [9.17, 15) is 4.79 Å². The van der Waals surface area contributed by atoms with Crippen LogP contribution in [0.4, 0.5) is 0 Å². The molecule has 0 unspecified atom stereocenters. The van der Waals surface area contributed by atoms with Crippen molar-refractivity contribution in [2.75, 3.05) is 0 Å². The summed E-state index contributed by atoms with van der Waals surface area (Å²) in [5.74, 6) is 0.152. The van der Waals surface area contributed by atoms with Crippen LogP contribution in [0.3, 0.4) is 0 Å². The minimum atomic E-state index is -0.710. The largest absolute Gasteiger partial charge is 0.481 e. The van der Waals surface area contributed by atoms with Gasteiger partial charge in [-0.15, -0.1) is 0 Å². The molecule has 1 rings (SSSR count). The quantitative estimate of drug-likeness (QED) is 0.579. The molecule has 0 saturated heterocycles. The molecule has 6 nitrogen and oxygen atoms in total. The molecule has 0 radical (unpaired) electrons. The average molecular weight is 320 g/mol. The molecule has 0 aliphatic carbocycles. The van der Waals surface area contributed by atoms with E-state index in [1.807, 2.05) is 26.8 Å². The lowest BCUT2D eigenvalue weighted by atomic mass is 10.1. The van der Waals surface area contributed by atoms with Crippen molar-refractivity contribution in [2.45, 2.75) is 39.3 Å². The molecule has 0 heterocycles. The van der Waals surface area contributed by atoms with Crippen LogP contribution in [0, 0.1) is 11.3 Å². The van der Waals surface area contributed by atoms with E-state index in [2.05, 4.69) is 16.2 Å². The normalized spacial score (nSPS) is 11.8. The van der Waals surface area contributed by atoms with Gasteiger partial charge in [0.2, 0.25) is 0 Å². The number of hydrogen-bond acceptors (Lipinski definition) is 4. The summed E-state index contributed by atoms with van der Waals surface area (Å²) in [7, 11) is 0. The smallest absolute Gasteiger partial charge is 0.279 e. The molecule has 1 amide bonds. The number of thiocarbonyl (C=S) groups is 1. The number of nitrogens with one attached hydrogen (secondary N) is 3. The Labute approximate surface area is 135 Å². The molecule has 0 aliphatic rings. The van der Waals surface area contributed by atoms with E-state index in [1.54, 1.807) is 31.2 Å². The minimum absolute atomic E-state index is 0.195. The standard InChI is InChI=1S/C15H20N4O2S/c1-10(21-12-7-5-11(9-16)6-8-12)13(20)18-19-14(22)17-15(2,3)4/h5-8,10H,1-4H3,(H,18,20)(H2,17,19,22)/t10-/m1/s1. The second-order valence-corrected chi connectivity index (χ2v) is 6.12. The van der Waals surface area contributed by atoms with Crippen LogP contribution in [-0.4, -0.2) is 22.7 Å². The number of carbonyl (C=O) groups excluding carboxylic acids is 1. The van der Waals surface area contributed by atoms with Gasteiger partial charge in [-0.1, -0.05) is 0 Å². The van der Waals surface area contributed by atoms with E-state index in [0.29, 0.717) is 16.4 Å². The summed E-state index contributed by atoms with van der Waals surface area (Å²) < 4.78 is 5.48. The van der Waals surface area contributed by atoms with Crippen molar-refractivity contribution in [1.29, 1.82) is 5.26 Å². The molecule has 0 fully saturated rings. The topological polar surface area (TPSA) is 86.2 Å². The number of benzene rings is 1. The number of nitrogens with zero attached hydrogens (tertiary/aromatic N) is 1. The first-order valence-electron chi connectivity index (χ1n) is 6.76. The Morgan fingerprint density at radius 2 is 1.86 bits per heavy atom. The highest BCUT2D eigenvalue weighted by atomic mass is 32.1. The summed E-state index contributed by atoms with van der Waals surface area (Å²) in [6, 6.07) is 8.55. The Kier molecular flexibility index (Phi) is 6.13. The predicted molar refractivity (Wildman–Crippen MR) is 88.0 cm³/mol. The SMILES string of the molecule is C[C@@H](Oc1ccc(C#N)cc1)C(=O)NNC(=S)NC(C)(C)C. The first kappa shape index (κ1) is 17.7. The molecule has 3 N–H and O–H groups in total.